The summed E-state index contributed by atoms with van der Waals surface area (Å²) in [5.74, 6) is 0.924. The molecule has 0 aliphatic rings. The summed E-state index contributed by atoms with van der Waals surface area (Å²) in [4.78, 5) is 1.27. The van der Waals surface area contributed by atoms with Gasteiger partial charge >= 0.3 is 0 Å². The number of hydrogen-bond donors (Lipinski definition) is 1. The van der Waals surface area contributed by atoms with Gasteiger partial charge in [0.05, 0.1) is 6.04 Å². The summed E-state index contributed by atoms with van der Waals surface area (Å²) in [7, 11) is 0. The van der Waals surface area contributed by atoms with Crippen molar-refractivity contribution in [1.82, 2.24) is 0 Å². The Morgan fingerprint density at radius 1 is 1.19 bits per heavy atom. The molecule has 0 spiro atoms. The van der Waals surface area contributed by atoms with Gasteiger partial charge in [-0.1, -0.05) is 53.2 Å². The lowest BCUT2D eigenvalue weighted by atomic mass is 10.0. The number of halogens is 1. The SMILES string of the molecule is C=CCSc1ccccc1NC(CC)c1ccc(Br)cc1. The van der Waals surface area contributed by atoms with Crippen LogP contribution in [0.3, 0.4) is 0 Å². The van der Waals surface area contributed by atoms with Crippen molar-refractivity contribution in [3.63, 3.8) is 0 Å². The van der Waals surface area contributed by atoms with Crippen molar-refractivity contribution in [2.75, 3.05) is 11.1 Å². The molecule has 0 bridgehead atoms. The van der Waals surface area contributed by atoms with Gasteiger partial charge in [-0.15, -0.1) is 18.3 Å². The minimum atomic E-state index is 0.323. The molecule has 2 rings (SSSR count). The van der Waals surface area contributed by atoms with Gasteiger partial charge in [0.1, 0.15) is 0 Å². The van der Waals surface area contributed by atoms with E-state index in [1.165, 1.54) is 16.1 Å². The molecule has 3 heteroatoms. The van der Waals surface area contributed by atoms with Crippen LogP contribution in [0.15, 0.2) is 70.6 Å². The topological polar surface area (TPSA) is 12.0 Å². The van der Waals surface area contributed by atoms with E-state index in [-0.39, 0.29) is 0 Å². The lowest BCUT2D eigenvalue weighted by molar-refractivity contribution is 0.746. The van der Waals surface area contributed by atoms with Crippen LogP contribution < -0.4 is 5.32 Å². The van der Waals surface area contributed by atoms with E-state index in [0.717, 1.165) is 16.6 Å². The first-order valence-electron chi connectivity index (χ1n) is 7.09. The first kappa shape index (κ1) is 16.2. The van der Waals surface area contributed by atoms with E-state index >= 15 is 0 Å². The first-order chi connectivity index (χ1) is 10.2. The normalized spacial score (nSPS) is 11.9. The maximum absolute atomic E-state index is 3.79. The molecule has 1 unspecified atom stereocenters. The maximum atomic E-state index is 3.79. The molecule has 21 heavy (non-hydrogen) atoms. The van der Waals surface area contributed by atoms with Crippen molar-refractivity contribution in [3.8, 4) is 0 Å². The van der Waals surface area contributed by atoms with Crippen LogP contribution in [0.2, 0.25) is 0 Å². The van der Waals surface area contributed by atoms with Crippen LogP contribution in [0.5, 0.6) is 0 Å². The third-order valence-corrected chi connectivity index (χ3v) is 4.85. The highest BCUT2D eigenvalue weighted by molar-refractivity contribution is 9.10. The summed E-state index contributed by atoms with van der Waals surface area (Å²) in [6.07, 6.45) is 2.98. The number of para-hydroxylation sites is 1. The summed E-state index contributed by atoms with van der Waals surface area (Å²) >= 11 is 5.30. The first-order valence-corrected chi connectivity index (χ1v) is 8.87. The van der Waals surface area contributed by atoms with Gasteiger partial charge in [0.25, 0.3) is 0 Å². The second kappa shape index (κ2) is 8.30. The highest BCUT2D eigenvalue weighted by atomic mass is 79.9. The highest BCUT2D eigenvalue weighted by Crippen LogP contribution is 2.31. The van der Waals surface area contributed by atoms with Crippen molar-refractivity contribution in [2.24, 2.45) is 0 Å². The molecule has 2 aromatic rings. The number of thioether (sulfide) groups is 1. The molecular formula is C18H20BrNS. The van der Waals surface area contributed by atoms with Gasteiger partial charge in [-0.25, -0.2) is 0 Å². The zero-order chi connectivity index (χ0) is 15.1. The fourth-order valence-corrected chi connectivity index (χ4v) is 3.18. The van der Waals surface area contributed by atoms with Crippen molar-refractivity contribution < 1.29 is 0 Å². The third-order valence-electron chi connectivity index (χ3n) is 3.25. The van der Waals surface area contributed by atoms with E-state index in [0.29, 0.717) is 6.04 Å². The predicted molar refractivity (Wildman–Crippen MR) is 98.2 cm³/mol. The van der Waals surface area contributed by atoms with Crippen LogP contribution >= 0.6 is 27.7 Å². The quantitative estimate of drug-likeness (QED) is 0.459. The van der Waals surface area contributed by atoms with Crippen molar-refractivity contribution in [2.45, 2.75) is 24.3 Å². The second-order valence-electron chi connectivity index (χ2n) is 4.75. The van der Waals surface area contributed by atoms with Crippen LogP contribution in [0, 0.1) is 0 Å². The van der Waals surface area contributed by atoms with Crippen LogP contribution in [0.25, 0.3) is 0 Å². The highest BCUT2D eigenvalue weighted by Gasteiger charge is 2.11. The Bertz CT molecular complexity index is 580. The Hall–Kier alpha value is -1.19. The molecule has 1 N–H and O–H groups in total. The smallest absolute Gasteiger partial charge is 0.0511 e. The van der Waals surface area contributed by atoms with E-state index in [4.69, 9.17) is 0 Å². The van der Waals surface area contributed by atoms with Gasteiger partial charge in [-0.3, -0.25) is 0 Å². The lowest BCUT2D eigenvalue weighted by Gasteiger charge is -2.21. The molecular weight excluding hydrogens is 342 g/mol. The number of rotatable bonds is 7. The molecule has 0 aromatic heterocycles. The Labute approximate surface area is 140 Å². The largest absolute Gasteiger partial charge is 0.377 e. The Morgan fingerprint density at radius 2 is 1.90 bits per heavy atom. The standard InChI is InChI=1S/C18H20BrNS/c1-3-13-21-18-8-6-5-7-17(18)20-16(4-2)14-9-11-15(19)12-10-14/h3,5-12,16,20H,1,4,13H2,2H3. The fraction of sp³-hybridized carbons (Fsp3) is 0.222. The monoisotopic (exact) mass is 361 g/mol. The molecule has 0 saturated heterocycles. The van der Waals surface area contributed by atoms with E-state index in [1.54, 1.807) is 0 Å². The molecule has 0 heterocycles. The van der Waals surface area contributed by atoms with E-state index in [9.17, 15) is 0 Å². The van der Waals surface area contributed by atoms with Gasteiger partial charge < -0.3 is 5.32 Å². The lowest BCUT2D eigenvalue weighted by Crippen LogP contribution is -2.10. The van der Waals surface area contributed by atoms with Gasteiger partial charge in [-0.05, 0) is 36.2 Å². The van der Waals surface area contributed by atoms with Crippen molar-refractivity contribution in [3.05, 3.63) is 71.2 Å². The van der Waals surface area contributed by atoms with E-state index in [2.05, 4.69) is 83.3 Å². The number of anilines is 1. The van der Waals surface area contributed by atoms with Gasteiger partial charge in [-0.2, -0.15) is 0 Å². The summed E-state index contributed by atoms with van der Waals surface area (Å²) in [6.45, 7) is 6.00. The molecule has 0 fully saturated rings. The Morgan fingerprint density at radius 3 is 2.57 bits per heavy atom. The zero-order valence-corrected chi connectivity index (χ0v) is 14.6. The number of benzene rings is 2. The van der Waals surface area contributed by atoms with Gasteiger partial charge in [0.2, 0.25) is 0 Å². The molecule has 0 amide bonds. The average Bonchev–Trinajstić information content (AvgIpc) is 2.52. The molecule has 2 aromatic carbocycles. The molecule has 1 atom stereocenters. The van der Waals surface area contributed by atoms with Crippen molar-refractivity contribution in [1.29, 1.82) is 0 Å². The second-order valence-corrected chi connectivity index (χ2v) is 6.73. The van der Waals surface area contributed by atoms with Crippen LogP contribution in [0.4, 0.5) is 5.69 Å². The minimum absolute atomic E-state index is 0.323. The molecule has 0 saturated carbocycles. The molecule has 0 aliphatic carbocycles. The minimum Gasteiger partial charge on any atom is -0.377 e. The third kappa shape index (κ3) is 4.65. The Balaban J connectivity index is 2.18. The summed E-state index contributed by atoms with van der Waals surface area (Å²) in [6, 6.07) is 17.3. The molecule has 110 valence electrons. The Kier molecular flexibility index (Phi) is 6.40. The predicted octanol–water partition coefficient (Wildman–Crippen LogP) is 6.29. The van der Waals surface area contributed by atoms with Gasteiger partial charge in [0, 0.05) is 20.8 Å². The maximum Gasteiger partial charge on any atom is 0.0511 e. The zero-order valence-electron chi connectivity index (χ0n) is 12.2. The fourth-order valence-electron chi connectivity index (χ4n) is 2.16. The average molecular weight is 362 g/mol. The van der Waals surface area contributed by atoms with E-state index in [1.807, 2.05) is 17.8 Å². The van der Waals surface area contributed by atoms with E-state index < -0.39 is 0 Å². The molecule has 0 aliphatic heterocycles. The number of hydrogen-bond acceptors (Lipinski definition) is 2. The van der Waals surface area contributed by atoms with Crippen LogP contribution in [0.1, 0.15) is 24.9 Å². The van der Waals surface area contributed by atoms with Crippen molar-refractivity contribution >= 4 is 33.4 Å². The molecule has 1 nitrogen and oxygen atoms in total. The van der Waals surface area contributed by atoms with Crippen LogP contribution in [-0.2, 0) is 0 Å². The summed E-state index contributed by atoms with van der Waals surface area (Å²) in [5.41, 5.74) is 2.50. The van der Waals surface area contributed by atoms with Crippen LogP contribution in [-0.4, -0.2) is 5.75 Å². The molecule has 0 radical (unpaired) electrons. The number of nitrogens with one attached hydrogen (secondary N) is 1. The van der Waals surface area contributed by atoms with Gasteiger partial charge in [0.15, 0.2) is 0 Å². The summed E-state index contributed by atoms with van der Waals surface area (Å²) in [5, 5.41) is 3.67. The summed E-state index contributed by atoms with van der Waals surface area (Å²) < 4.78 is 1.11.